The molecule has 1 aromatic carbocycles. The number of rotatable bonds is 3. The van der Waals surface area contributed by atoms with Crippen molar-refractivity contribution >= 4 is 22.3 Å². The van der Waals surface area contributed by atoms with E-state index < -0.39 is 0 Å². The van der Waals surface area contributed by atoms with Gasteiger partial charge in [0.25, 0.3) is 0 Å². The molecule has 0 atom stereocenters. The normalized spacial score (nSPS) is 18.1. The lowest BCUT2D eigenvalue weighted by Crippen LogP contribution is -2.46. The number of nitrogens with two attached hydrogens (primary N) is 1. The summed E-state index contributed by atoms with van der Waals surface area (Å²) in [6, 6.07) is 7.68. The van der Waals surface area contributed by atoms with Crippen LogP contribution in [0.2, 0.25) is 0 Å². The van der Waals surface area contributed by atoms with E-state index in [1.807, 2.05) is 24.3 Å². The highest BCUT2D eigenvalue weighted by molar-refractivity contribution is 5.97. The zero-order chi connectivity index (χ0) is 14.0. The number of pyridine rings is 1. The SMILES string of the molecule is Nc1cccc2c(NC3(CO)CCOCC3)ccnc12. The summed E-state index contributed by atoms with van der Waals surface area (Å²) in [4.78, 5) is 4.33. The molecule has 2 heterocycles. The first kappa shape index (κ1) is 13.1. The molecule has 0 radical (unpaired) electrons. The highest BCUT2D eigenvalue weighted by Gasteiger charge is 2.32. The fourth-order valence-corrected chi connectivity index (χ4v) is 2.68. The Kier molecular flexibility index (Phi) is 3.46. The first-order chi connectivity index (χ1) is 9.74. The topological polar surface area (TPSA) is 80.4 Å². The van der Waals surface area contributed by atoms with E-state index in [9.17, 15) is 5.11 Å². The molecular weight excluding hydrogens is 254 g/mol. The molecule has 2 aromatic rings. The summed E-state index contributed by atoms with van der Waals surface area (Å²) in [5.41, 5.74) is 8.05. The van der Waals surface area contributed by atoms with Crippen molar-refractivity contribution in [2.24, 2.45) is 0 Å². The van der Waals surface area contributed by atoms with E-state index in [-0.39, 0.29) is 12.1 Å². The number of hydrogen-bond acceptors (Lipinski definition) is 5. The molecule has 0 amide bonds. The second-order valence-electron chi connectivity index (χ2n) is 5.28. The third kappa shape index (κ3) is 2.30. The average Bonchev–Trinajstić information content (AvgIpc) is 2.49. The molecule has 1 aromatic heterocycles. The highest BCUT2D eigenvalue weighted by atomic mass is 16.5. The Morgan fingerprint density at radius 1 is 1.30 bits per heavy atom. The van der Waals surface area contributed by atoms with E-state index in [4.69, 9.17) is 10.5 Å². The first-order valence-corrected chi connectivity index (χ1v) is 6.84. The lowest BCUT2D eigenvalue weighted by atomic mass is 9.90. The van der Waals surface area contributed by atoms with Gasteiger partial charge in [0.05, 0.1) is 23.3 Å². The number of aliphatic hydroxyl groups excluding tert-OH is 1. The number of fused-ring (bicyclic) bond motifs is 1. The van der Waals surface area contributed by atoms with Crippen LogP contribution in [0.3, 0.4) is 0 Å². The van der Waals surface area contributed by atoms with E-state index in [1.54, 1.807) is 6.20 Å². The number of ether oxygens (including phenoxy) is 1. The Labute approximate surface area is 117 Å². The Morgan fingerprint density at radius 2 is 2.10 bits per heavy atom. The minimum atomic E-state index is -0.322. The number of nitrogens with zero attached hydrogens (tertiary/aromatic N) is 1. The first-order valence-electron chi connectivity index (χ1n) is 6.84. The van der Waals surface area contributed by atoms with Crippen LogP contribution in [0, 0.1) is 0 Å². The summed E-state index contributed by atoms with van der Waals surface area (Å²) in [6.45, 7) is 1.42. The molecule has 0 spiro atoms. The van der Waals surface area contributed by atoms with E-state index in [0.29, 0.717) is 18.9 Å². The number of nitrogens with one attached hydrogen (secondary N) is 1. The van der Waals surface area contributed by atoms with Crippen molar-refractivity contribution in [3.05, 3.63) is 30.5 Å². The van der Waals surface area contributed by atoms with Gasteiger partial charge in [-0.25, -0.2) is 0 Å². The zero-order valence-electron chi connectivity index (χ0n) is 11.3. The molecule has 1 aliphatic rings. The number of benzene rings is 1. The van der Waals surface area contributed by atoms with E-state index in [2.05, 4.69) is 10.3 Å². The van der Waals surface area contributed by atoms with Crippen molar-refractivity contribution < 1.29 is 9.84 Å². The van der Waals surface area contributed by atoms with Crippen LogP contribution in [0.25, 0.3) is 10.9 Å². The number of hydrogen-bond donors (Lipinski definition) is 3. The van der Waals surface area contributed by atoms with Crippen LogP contribution >= 0.6 is 0 Å². The molecule has 1 fully saturated rings. The van der Waals surface area contributed by atoms with Gasteiger partial charge < -0.3 is 20.9 Å². The Hall–Kier alpha value is -1.85. The summed E-state index contributed by atoms with van der Waals surface area (Å²) in [5.74, 6) is 0. The minimum absolute atomic E-state index is 0.0858. The van der Waals surface area contributed by atoms with Crippen LogP contribution in [-0.2, 0) is 4.74 Å². The summed E-state index contributed by atoms with van der Waals surface area (Å²) in [6.07, 6.45) is 3.32. The van der Waals surface area contributed by atoms with Crippen molar-refractivity contribution in [2.45, 2.75) is 18.4 Å². The fourth-order valence-electron chi connectivity index (χ4n) is 2.68. The molecule has 0 aliphatic carbocycles. The van der Waals surface area contributed by atoms with E-state index in [1.165, 1.54) is 0 Å². The molecular formula is C15H19N3O2. The molecule has 20 heavy (non-hydrogen) atoms. The minimum Gasteiger partial charge on any atom is -0.397 e. The second-order valence-corrected chi connectivity index (χ2v) is 5.28. The lowest BCUT2D eigenvalue weighted by Gasteiger charge is -2.37. The molecule has 0 saturated carbocycles. The number of para-hydroxylation sites is 1. The van der Waals surface area contributed by atoms with Crippen molar-refractivity contribution in [2.75, 3.05) is 30.9 Å². The van der Waals surface area contributed by atoms with Gasteiger partial charge in [-0.2, -0.15) is 0 Å². The largest absolute Gasteiger partial charge is 0.397 e. The molecule has 4 N–H and O–H groups in total. The lowest BCUT2D eigenvalue weighted by molar-refractivity contribution is 0.0380. The highest BCUT2D eigenvalue weighted by Crippen LogP contribution is 2.31. The van der Waals surface area contributed by atoms with Crippen LogP contribution in [0.15, 0.2) is 30.5 Å². The van der Waals surface area contributed by atoms with E-state index >= 15 is 0 Å². The number of aliphatic hydroxyl groups is 1. The quantitative estimate of drug-likeness (QED) is 0.743. The van der Waals surface area contributed by atoms with Crippen LogP contribution in [0.4, 0.5) is 11.4 Å². The summed E-state index contributed by atoms with van der Waals surface area (Å²) < 4.78 is 5.39. The number of aromatic nitrogens is 1. The maximum absolute atomic E-state index is 9.77. The van der Waals surface area contributed by atoms with E-state index in [0.717, 1.165) is 29.4 Å². The van der Waals surface area contributed by atoms with Gasteiger partial charge in [0.15, 0.2) is 0 Å². The van der Waals surface area contributed by atoms with Gasteiger partial charge >= 0.3 is 0 Å². The van der Waals surface area contributed by atoms with Gasteiger partial charge in [0.1, 0.15) is 0 Å². The third-order valence-electron chi connectivity index (χ3n) is 3.95. The van der Waals surface area contributed by atoms with Gasteiger partial charge in [-0.05, 0) is 25.0 Å². The average molecular weight is 273 g/mol. The van der Waals surface area contributed by atoms with Gasteiger partial charge in [-0.3, -0.25) is 4.98 Å². The fraction of sp³-hybridized carbons (Fsp3) is 0.400. The Balaban J connectivity index is 2.00. The smallest absolute Gasteiger partial charge is 0.0951 e. The van der Waals surface area contributed by atoms with Gasteiger partial charge in [0, 0.05) is 30.5 Å². The molecule has 0 bridgehead atoms. The monoisotopic (exact) mass is 273 g/mol. The molecule has 0 unspecified atom stereocenters. The summed E-state index contributed by atoms with van der Waals surface area (Å²) >= 11 is 0. The van der Waals surface area contributed by atoms with Gasteiger partial charge in [0.2, 0.25) is 0 Å². The van der Waals surface area contributed by atoms with Crippen LogP contribution in [0.1, 0.15) is 12.8 Å². The predicted molar refractivity (Wildman–Crippen MR) is 79.6 cm³/mol. The van der Waals surface area contributed by atoms with Crippen LogP contribution in [0.5, 0.6) is 0 Å². The van der Waals surface area contributed by atoms with Crippen LogP contribution < -0.4 is 11.1 Å². The summed E-state index contributed by atoms with van der Waals surface area (Å²) in [5, 5.41) is 14.2. The molecule has 106 valence electrons. The van der Waals surface area contributed by atoms with Crippen molar-refractivity contribution in [3.8, 4) is 0 Å². The van der Waals surface area contributed by atoms with Crippen molar-refractivity contribution in [1.82, 2.24) is 4.98 Å². The zero-order valence-corrected chi connectivity index (χ0v) is 11.3. The molecule has 5 heteroatoms. The van der Waals surface area contributed by atoms with Crippen molar-refractivity contribution in [1.29, 1.82) is 0 Å². The maximum atomic E-state index is 9.77. The molecule has 5 nitrogen and oxygen atoms in total. The molecule has 1 aliphatic heterocycles. The molecule has 3 rings (SSSR count). The maximum Gasteiger partial charge on any atom is 0.0951 e. The Morgan fingerprint density at radius 3 is 2.85 bits per heavy atom. The molecule has 1 saturated heterocycles. The Bertz CT molecular complexity index is 609. The third-order valence-corrected chi connectivity index (χ3v) is 3.95. The van der Waals surface area contributed by atoms with Crippen LogP contribution in [-0.4, -0.2) is 35.5 Å². The number of anilines is 2. The van der Waals surface area contributed by atoms with Gasteiger partial charge in [-0.1, -0.05) is 12.1 Å². The second kappa shape index (κ2) is 5.26. The predicted octanol–water partition coefficient (Wildman–Crippen LogP) is 1.77. The summed E-state index contributed by atoms with van der Waals surface area (Å²) in [7, 11) is 0. The van der Waals surface area contributed by atoms with Crippen molar-refractivity contribution in [3.63, 3.8) is 0 Å². The number of nitrogen functional groups attached to an aromatic ring is 1. The van der Waals surface area contributed by atoms with Gasteiger partial charge in [-0.15, -0.1) is 0 Å². The standard InChI is InChI=1S/C15H19N3O2/c16-12-3-1-2-11-13(4-7-17-14(11)12)18-15(10-19)5-8-20-9-6-15/h1-4,7,19H,5-6,8-10,16H2,(H,17,18).